The molecule has 0 saturated carbocycles. The standard InChI is InChI=1S/C27H32NOP/c1-5-21(4)28-27(29)25-18-16-22(20(2)3)17-19-26(25)30(23-12-8-6-9-13-23)24-14-10-7-11-15-24/h6-16,18-21H,5,17H2,1-4H3,(H,28,29). The van der Waals surface area contributed by atoms with Gasteiger partial charge in [0.15, 0.2) is 0 Å². The van der Waals surface area contributed by atoms with E-state index >= 15 is 0 Å². The molecule has 2 aromatic rings. The molecule has 1 unspecified atom stereocenters. The number of carbonyl (C=O) groups excluding carboxylic acids is 1. The highest BCUT2D eigenvalue weighted by atomic mass is 31.1. The van der Waals surface area contributed by atoms with Gasteiger partial charge in [0.05, 0.1) is 0 Å². The Morgan fingerprint density at radius 1 is 0.933 bits per heavy atom. The molecule has 0 spiro atoms. The molecule has 0 heterocycles. The molecule has 2 aromatic carbocycles. The van der Waals surface area contributed by atoms with Gasteiger partial charge >= 0.3 is 0 Å². The minimum Gasteiger partial charge on any atom is -0.350 e. The summed E-state index contributed by atoms with van der Waals surface area (Å²) < 4.78 is 0. The van der Waals surface area contributed by atoms with Crippen molar-refractivity contribution in [2.24, 2.45) is 5.92 Å². The van der Waals surface area contributed by atoms with Crippen molar-refractivity contribution < 1.29 is 4.79 Å². The summed E-state index contributed by atoms with van der Waals surface area (Å²) in [6.45, 7) is 8.59. The second-order valence-electron chi connectivity index (χ2n) is 8.06. The van der Waals surface area contributed by atoms with Crippen molar-refractivity contribution in [2.45, 2.75) is 46.6 Å². The van der Waals surface area contributed by atoms with Crippen LogP contribution in [0.25, 0.3) is 0 Å². The molecule has 3 rings (SSSR count). The summed E-state index contributed by atoms with van der Waals surface area (Å²) in [6.07, 6.45) is 8.29. The zero-order valence-corrected chi connectivity index (χ0v) is 19.3. The van der Waals surface area contributed by atoms with Gasteiger partial charge in [0, 0.05) is 11.6 Å². The third-order valence-electron chi connectivity index (χ3n) is 5.52. The zero-order valence-electron chi connectivity index (χ0n) is 18.4. The van der Waals surface area contributed by atoms with Crippen molar-refractivity contribution in [1.82, 2.24) is 5.32 Å². The monoisotopic (exact) mass is 417 g/mol. The Morgan fingerprint density at radius 3 is 2.00 bits per heavy atom. The maximum Gasteiger partial charge on any atom is 0.252 e. The number of rotatable bonds is 7. The topological polar surface area (TPSA) is 29.1 Å². The summed E-state index contributed by atoms with van der Waals surface area (Å²) >= 11 is 0. The summed E-state index contributed by atoms with van der Waals surface area (Å²) in [7, 11) is -0.827. The van der Waals surface area contributed by atoms with Crippen LogP contribution in [-0.4, -0.2) is 11.9 Å². The van der Waals surface area contributed by atoms with Crippen molar-refractivity contribution >= 4 is 24.4 Å². The van der Waals surface area contributed by atoms with Gasteiger partial charge in [-0.15, -0.1) is 0 Å². The number of hydrogen-bond donors (Lipinski definition) is 1. The average Bonchev–Trinajstić information content (AvgIpc) is 2.99. The lowest BCUT2D eigenvalue weighted by Crippen LogP contribution is -2.34. The molecule has 0 bridgehead atoms. The fraction of sp³-hybridized carbons (Fsp3) is 0.296. The highest BCUT2D eigenvalue weighted by Gasteiger charge is 2.27. The summed E-state index contributed by atoms with van der Waals surface area (Å²) in [4.78, 5) is 13.3. The second kappa shape index (κ2) is 10.5. The Balaban J connectivity index is 2.12. The van der Waals surface area contributed by atoms with Gasteiger partial charge in [-0.05, 0) is 55.6 Å². The number of benzene rings is 2. The van der Waals surface area contributed by atoms with Crippen molar-refractivity contribution in [2.75, 3.05) is 0 Å². The Morgan fingerprint density at radius 2 is 1.50 bits per heavy atom. The van der Waals surface area contributed by atoms with Gasteiger partial charge in [-0.2, -0.15) is 0 Å². The third kappa shape index (κ3) is 5.37. The minimum atomic E-state index is -0.827. The smallest absolute Gasteiger partial charge is 0.252 e. The molecule has 0 aliphatic heterocycles. The van der Waals surface area contributed by atoms with Gasteiger partial charge in [-0.3, -0.25) is 4.79 Å². The normalized spacial score (nSPS) is 15.2. The van der Waals surface area contributed by atoms with E-state index in [0.717, 1.165) is 23.7 Å². The molecule has 3 heteroatoms. The zero-order chi connectivity index (χ0) is 21.5. The summed E-state index contributed by atoms with van der Waals surface area (Å²) in [6, 6.07) is 21.3. The SMILES string of the molecule is CCC(C)NC(=O)C1=CC=C(C(C)C)CC=C1P(c1ccccc1)c1ccccc1. The number of allylic oxidation sites excluding steroid dienone is 4. The van der Waals surface area contributed by atoms with E-state index in [1.165, 1.54) is 16.2 Å². The van der Waals surface area contributed by atoms with Gasteiger partial charge < -0.3 is 5.32 Å². The molecule has 0 saturated heterocycles. The largest absolute Gasteiger partial charge is 0.350 e. The maximum absolute atomic E-state index is 13.3. The van der Waals surface area contributed by atoms with Crippen molar-refractivity contribution in [1.29, 1.82) is 0 Å². The van der Waals surface area contributed by atoms with Crippen molar-refractivity contribution in [3.8, 4) is 0 Å². The Bertz CT molecular complexity index is 902. The highest BCUT2D eigenvalue weighted by molar-refractivity contribution is 7.77. The third-order valence-corrected chi connectivity index (χ3v) is 8.05. The van der Waals surface area contributed by atoms with E-state index in [1.807, 2.05) is 18.2 Å². The van der Waals surface area contributed by atoms with Crippen LogP contribution in [0.2, 0.25) is 0 Å². The predicted octanol–water partition coefficient (Wildman–Crippen LogP) is 5.83. The van der Waals surface area contributed by atoms with Crippen LogP contribution in [0.15, 0.2) is 95.4 Å². The Hall–Kier alpha value is -2.44. The Labute approximate surface area is 182 Å². The molecule has 1 aliphatic rings. The van der Waals surface area contributed by atoms with Crippen molar-refractivity contribution in [3.05, 3.63) is 95.4 Å². The minimum absolute atomic E-state index is 0.0243. The summed E-state index contributed by atoms with van der Waals surface area (Å²) in [5, 5.41) is 6.87. The molecule has 2 nitrogen and oxygen atoms in total. The first-order valence-corrected chi connectivity index (χ1v) is 12.2. The molecule has 0 aromatic heterocycles. The molecule has 0 fully saturated rings. The van der Waals surface area contributed by atoms with Gasteiger partial charge in [-0.25, -0.2) is 0 Å². The van der Waals surface area contributed by atoms with Crippen molar-refractivity contribution in [3.63, 3.8) is 0 Å². The lowest BCUT2D eigenvalue weighted by atomic mass is 10.0. The summed E-state index contributed by atoms with van der Waals surface area (Å²) in [5.74, 6) is 0.478. The van der Waals surface area contributed by atoms with Crippen LogP contribution in [-0.2, 0) is 4.79 Å². The number of hydrogen-bond acceptors (Lipinski definition) is 1. The van der Waals surface area contributed by atoms with Gasteiger partial charge in [-0.1, -0.05) is 99.2 Å². The summed E-state index contributed by atoms with van der Waals surface area (Å²) in [5.41, 5.74) is 2.15. The quantitative estimate of drug-likeness (QED) is 0.564. The average molecular weight is 418 g/mol. The molecular weight excluding hydrogens is 385 g/mol. The first-order valence-electron chi connectivity index (χ1n) is 10.8. The van der Waals surface area contributed by atoms with E-state index in [1.54, 1.807) is 0 Å². The maximum atomic E-state index is 13.3. The van der Waals surface area contributed by atoms with E-state index in [4.69, 9.17) is 0 Å². The van der Waals surface area contributed by atoms with Crippen LogP contribution in [0.4, 0.5) is 0 Å². The van der Waals surface area contributed by atoms with Crippen LogP contribution in [0.3, 0.4) is 0 Å². The lowest BCUT2D eigenvalue weighted by Gasteiger charge is -2.24. The van der Waals surface area contributed by atoms with Gasteiger partial charge in [0.1, 0.15) is 0 Å². The first-order chi connectivity index (χ1) is 14.5. The van der Waals surface area contributed by atoms with Crippen LogP contribution in [0.5, 0.6) is 0 Å². The van der Waals surface area contributed by atoms with E-state index in [2.05, 4.69) is 93.7 Å². The van der Waals surface area contributed by atoms with Gasteiger partial charge in [0.2, 0.25) is 0 Å². The number of carbonyl (C=O) groups is 1. The van der Waals surface area contributed by atoms with Crippen LogP contribution < -0.4 is 15.9 Å². The molecule has 156 valence electrons. The van der Waals surface area contributed by atoms with E-state index in [-0.39, 0.29) is 11.9 Å². The van der Waals surface area contributed by atoms with Crippen LogP contribution >= 0.6 is 7.92 Å². The molecule has 1 aliphatic carbocycles. The first kappa shape index (κ1) is 22.2. The number of nitrogens with one attached hydrogen (secondary N) is 1. The molecule has 0 radical (unpaired) electrons. The second-order valence-corrected chi connectivity index (χ2v) is 10.2. The fourth-order valence-electron chi connectivity index (χ4n) is 3.49. The highest BCUT2D eigenvalue weighted by Crippen LogP contribution is 2.48. The molecular formula is C27H32NOP. The Kier molecular flexibility index (Phi) is 7.82. The fourth-order valence-corrected chi connectivity index (χ4v) is 5.97. The van der Waals surface area contributed by atoms with Gasteiger partial charge in [0.25, 0.3) is 5.91 Å². The van der Waals surface area contributed by atoms with E-state index < -0.39 is 7.92 Å². The molecule has 1 atom stereocenters. The van der Waals surface area contributed by atoms with Crippen LogP contribution in [0, 0.1) is 5.92 Å². The van der Waals surface area contributed by atoms with E-state index in [9.17, 15) is 4.79 Å². The number of amides is 1. The lowest BCUT2D eigenvalue weighted by molar-refractivity contribution is -0.117. The van der Waals surface area contributed by atoms with E-state index in [0.29, 0.717) is 5.92 Å². The predicted molar refractivity (Wildman–Crippen MR) is 131 cm³/mol. The van der Waals surface area contributed by atoms with Crippen LogP contribution in [0.1, 0.15) is 40.5 Å². The molecule has 1 N–H and O–H groups in total. The molecule has 30 heavy (non-hydrogen) atoms. The molecule has 1 amide bonds.